The molecule has 4 rings (SSSR count). The molecule has 0 spiro atoms. The molecule has 2 amide bonds. The zero-order valence-corrected chi connectivity index (χ0v) is 15.3. The van der Waals surface area contributed by atoms with Crippen molar-refractivity contribution in [3.63, 3.8) is 0 Å². The van der Waals surface area contributed by atoms with Gasteiger partial charge in [-0.3, -0.25) is 9.80 Å². The average molecular weight is 360 g/mol. The van der Waals surface area contributed by atoms with E-state index < -0.39 is 0 Å². The first-order valence-corrected chi connectivity index (χ1v) is 9.61. The van der Waals surface area contributed by atoms with Gasteiger partial charge in [-0.05, 0) is 12.1 Å². The van der Waals surface area contributed by atoms with Crippen LogP contribution < -0.4 is 9.80 Å². The third-order valence-corrected chi connectivity index (χ3v) is 5.41. The number of rotatable bonds is 3. The molecule has 3 heterocycles. The zero-order chi connectivity index (χ0) is 17.8. The molecule has 0 radical (unpaired) electrons. The minimum Gasteiger partial charge on any atom is -0.379 e. The van der Waals surface area contributed by atoms with Gasteiger partial charge in [0.1, 0.15) is 0 Å². The van der Waals surface area contributed by atoms with Crippen LogP contribution in [0.5, 0.6) is 0 Å². The van der Waals surface area contributed by atoms with E-state index >= 15 is 0 Å². The van der Waals surface area contributed by atoms with E-state index in [1.807, 2.05) is 15.9 Å². The standard InChI is InChI=1S/C19H28N4O3/c24-19(22-11-15-26-16-12-22)23-8-7-21(17-3-1-2-4-18(17)23)6-5-20-9-13-25-14-10-20/h1-4H,5-16H2. The molecule has 0 unspecified atom stereocenters. The van der Waals surface area contributed by atoms with Gasteiger partial charge in [-0.25, -0.2) is 4.79 Å². The lowest BCUT2D eigenvalue weighted by molar-refractivity contribution is 0.0391. The molecule has 2 saturated heterocycles. The Kier molecular flexibility index (Phi) is 5.57. The number of ether oxygens (including phenoxy) is 2. The van der Waals surface area contributed by atoms with Gasteiger partial charge in [0.2, 0.25) is 0 Å². The topological polar surface area (TPSA) is 48.5 Å². The number of morpholine rings is 2. The van der Waals surface area contributed by atoms with Crippen molar-refractivity contribution in [2.24, 2.45) is 0 Å². The summed E-state index contributed by atoms with van der Waals surface area (Å²) in [5.41, 5.74) is 2.19. The number of anilines is 2. The van der Waals surface area contributed by atoms with Crippen LogP contribution in [0, 0.1) is 0 Å². The molecule has 142 valence electrons. The molecular formula is C19H28N4O3. The number of para-hydroxylation sites is 2. The van der Waals surface area contributed by atoms with Crippen LogP contribution in [0.4, 0.5) is 16.2 Å². The summed E-state index contributed by atoms with van der Waals surface area (Å²) in [6, 6.07) is 8.38. The quantitative estimate of drug-likeness (QED) is 0.808. The maximum absolute atomic E-state index is 13.0. The summed E-state index contributed by atoms with van der Waals surface area (Å²) in [5, 5.41) is 0. The predicted molar refractivity (Wildman–Crippen MR) is 101 cm³/mol. The molecule has 1 aromatic rings. The number of carbonyl (C=O) groups excluding carboxylic acids is 1. The molecule has 0 bridgehead atoms. The highest BCUT2D eigenvalue weighted by Crippen LogP contribution is 2.33. The fourth-order valence-corrected chi connectivity index (χ4v) is 3.86. The van der Waals surface area contributed by atoms with E-state index in [-0.39, 0.29) is 6.03 Å². The summed E-state index contributed by atoms with van der Waals surface area (Å²) in [6.07, 6.45) is 0. The molecule has 7 heteroatoms. The first-order valence-electron chi connectivity index (χ1n) is 9.61. The third kappa shape index (κ3) is 3.79. The molecule has 0 saturated carbocycles. The Morgan fingerprint density at radius 2 is 1.46 bits per heavy atom. The monoisotopic (exact) mass is 360 g/mol. The van der Waals surface area contributed by atoms with E-state index in [9.17, 15) is 4.79 Å². The lowest BCUT2D eigenvalue weighted by Crippen LogP contribution is -2.53. The summed E-state index contributed by atoms with van der Waals surface area (Å²) in [7, 11) is 0. The van der Waals surface area contributed by atoms with Crippen LogP contribution in [0.3, 0.4) is 0 Å². The van der Waals surface area contributed by atoms with Gasteiger partial charge in [0, 0.05) is 52.4 Å². The summed E-state index contributed by atoms with van der Waals surface area (Å²) in [5.74, 6) is 0. The lowest BCUT2D eigenvalue weighted by atomic mass is 10.1. The molecule has 26 heavy (non-hydrogen) atoms. The Morgan fingerprint density at radius 1 is 0.808 bits per heavy atom. The first-order chi connectivity index (χ1) is 12.8. The molecule has 7 nitrogen and oxygen atoms in total. The normalized spacial score (nSPS) is 21.6. The number of benzene rings is 1. The van der Waals surface area contributed by atoms with Gasteiger partial charge < -0.3 is 19.3 Å². The van der Waals surface area contributed by atoms with Crippen molar-refractivity contribution < 1.29 is 14.3 Å². The molecule has 0 aliphatic carbocycles. The van der Waals surface area contributed by atoms with Crippen LogP contribution in [-0.2, 0) is 9.47 Å². The molecule has 0 aromatic heterocycles. The van der Waals surface area contributed by atoms with Crippen LogP contribution in [0.2, 0.25) is 0 Å². The van der Waals surface area contributed by atoms with Gasteiger partial charge in [-0.1, -0.05) is 12.1 Å². The fourth-order valence-electron chi connectivity index (χ4n) is 3.86. The minimum atomic E-state index is 0.105. The van der Waals surface area contributed by atoms with Gasteiger partial charge >= 0.3 is 6.03 Å². The van der Waals surface area contributed by atoms with Crippen LogP contribution in [0.15, 0.2) is 24.3 Å². The highest BCUT2D eigenvalue weighted by atomic mass is 16.5. The van der Waals surface area contributed by atoms with Crippen molar-refractivity contribution in [1.82, 2.24) is 9.80 Å². The molecular weight excluding hydrogens is 332 g/mol. The summed E-state index contributed by atoms with van der Waals surface area (Å²) >= 11 is 0. The number of hydrogen-bond donors (Lipinski definition) is 0. The Bertz CT molecular complexity index is 615. The van der Waals surface area contributed by atoms with Gasteiger partial charge in [0.25, 0.3) is 0 Å². The molecule has 3 aliphatic heterocycles. The van der Waals surface area contributed by atoms with Crippen molar-refractivity contribution in [1.29, 1.82) is 0 Å². The maximum atomic E-state index is 13.0. The number of urea groups is 1. The van der Waals surface area contributed by atoms with Gasteiger partial charge in [-0.15, -0.1) is 0 Å². The second kappa shape index (κ2) is 8.24. The lowest BCUT2D eigenvalue weighted by Gasteiger charge is -2.41. The predicted octanol–water partition coefficient (Wildman–Crippen LogP) is 1.10. The fraction of sp³-hybridized carbons (Fsp3) is 0.632. The molecule has 0 N–H and O–H groups in total. The van der Waals surface area contributed by atoms with Crippen LogP contribution in [-0.4, -0.2) is 94.6 Å². The van der Waals surface area contributed by atoms with Crippen molar-refractivity contribution in [2.45, 2.75) is 0 Å². The SMILES string of the molecule is O=C(N1CCOCC1)N1CCN(CCN2CCOCC2)c2ccccc21. The average Bonchev–Trinajstić information content (AvgIpc) is 2.73. The molecule has 0 atom stereocenters. The summed E-state index contributed by atoms with van der Waals surface area (Å²) < 4.78 is 10.8. The number of amides is 2. The van der Waals surface area contributed by atoms with E-state index in [1.165, 1.54) is 0 Å². The number of hydrogen-bond acceptors (Lipinski definition) is 5. The molecule has 2 fully saturated rings. The highest BCUT2D eigenvalue weighted by Gasteiger charge is 2.30. The number of carbonyl (C=O) groups is 1. The van der Waals surface area contributed by atoms with Crippen molar-refractivity contribution >= 4 is 17.4 Å². The van der Waals surface area contributed by atoms with Crippen LogP contribution in [0.25, 0.3) is 0 Å². The Balaban J connectivity index is 1.44. The van der Waals surface area contributed by atoms with Gasteiger partial charge in [0.05, 0.1) is 37.8 Å². The summed E-state index contributed by atoms with van der Waals surface area (Å²) in [4.78, 5) is 21.7. The van der Waals surface area contributed by atoms with E-state index in [2.05, 4.69) is 28.0 Å². The largest absolute Gasteiger partial charge is 0.379 e. The smallest absolute Gasteiger partial charge is 0.324 e. The number of nitrogens with zero attached hydrogens (tertiary/aromatic N) is 4. The molecule has 3 aliphatic rings. The van der Waals surface area contributed by atoms with E-state index in [1.54, 1.807) is 0 Å². The van der Waals surface area contributed by atoms with Gasteiger partial charge in [0.15, 0.2) is 0 Å². The van der Waals surface area contributed by atoms with Gasteiger partial charge in [-0.2, -0.15) is 0 Å². The third-order valence-electron chi connectivity index (χ3n) is 5.41. The summed E-state index contributed by atoms with van der Waals surface area (Å²) in [6.45, 7) is 9.93. The minimum absolute atomic E-state index is 0.105. The van der Waals surface area contributed by atoms with Crippen LogP contribution >= 0.6 is 0 Å². The van der Waals surface area contributed by atoms with Crippen LogP contribution in [0.1, 0.15) is 0 Å². The van der Waals surface area contributed by atoms with E-state index in [4.69, 9.17) is 9.47 Å². The van der Waals surface area contributed by atoms with Crippen molar-refractivity contribution in [3.8, 4) is 0 Å². The second-order valence-electron chi connectivity index (χ2n) is 6.96. The Hall–Kier alpha value is -1.83. The first kappa shape index (κ1) is 17.6. The molecule has 1 aromatic carbocycles. The maximum Gasteiger partial charge on any atom is 0.324 e. The van der Waals surface area contributed by atoms with Crippen molar-refractivity contribution in [3.05, 3.63) is 24.3 Å². The Labute approximate surface area is 155 Å². The van der Waals surface area contributed by atoms with E-state index in [0.717, 1.165) is 63.9 Å². The van der Waals surface area contributed by atoms with E-state index in [0.29, 0.717) is 26.3 Å². The van der Waals surface area contributed by atoms with Crippen molar-refractivity contribution in [2.75, 3.05) is 88.6 Å². The zero-order valence-electron chi connectivity index (χ0n) is 15.3. The highest BCUT2D eigenvalue weighted by molar-refractivity contribution is 5.96. The second-order valence-corrected chi connectivity index (χ2v) is 6.96. The number of fused-ring (bicyclic) bond motifs is 1. The Morgan fingerprint density at radius 3 is 2.19 bits per heavy atom.